The van der Waals surface area contributed by atoms with Crippen LogP contribution in [-0.2, 0) is 6.42 Å². The molecule has 1 unspecified atom stereocenters. The van der Waals surface area contributed by atoms with Gasteiger partial charge in [-0.05, 0) is 64.0 Å². The Balaban J connectivity index is 1.72. The highest BCUT2D eigenvalue weighted by Crippen LogP contribution is 2.56. The summed E-state index contributed by atoms with van der Waals surface area (Å²) in [6.45, 7) is 9.70. The fourth-order valence-electron chi connectivity index (χ4n) is 6.43. The first-order valence-electron chi connectivity index (χ1n) is 10.4. The summed E-state index contributed by atoms with van der Waals surface area (Å²) in [7, 11) is 0. The Bertz CT molecular complexity index is 896. The molecule has 3 aliphatic rings. The van der Waals surface area contributed by atoms with E-state index in [9.17, 15) is 0 Å². The molecule has 3 heteroatoms. The lowest BCUT2D eigenvalue weighted by Gasteiger charge is -2.41. The van der Waals surface area contributed by atoms with Crippen LogP contribution in [-0.4, -0.2) is 21.1 Å². The second kappa shape index (κ2) is 5.37. The third-order valence-electron chi connectivity index (χ3n) is 7.46. The number of benzene rings is 1. The Morgan fingerprint density at radius 3 is 2.65 bits per heavy atom. The minimum Gasteiger partial charge on any atom is -0.361 e. The van der Waals surface area contributed by atoms with E-state index in [2.05, 4.69) is 61.6 Å². The maximum absolute atomic E-state index is 4.92. The fourth-order valence-corrected chi connectivity index (χ4v) is 6.43. The highest BCUT2D eigenvalue weighted by molar-refractivity contribution is 5.94. The lowest BCUT2D eigenvalue weighted by Crippen LogP contribution is -2.44. The van der Waals surface area contributed by atoms with E-state index in [1.807, 2.05) is 0 Å². The molecule has 138 valence electrons. The third kappa shape index (κ3) is 2.09. The topological polar surface area (TPSA) is 21.1 Å². The second-order valence-corrected chi connectivity index (χ2v) is 9.54. The number of allylic oxidation sites excluding steroid dienone is 1. The molecule has 5 rings (SSSR count). The number of nitrogens with zero attached hydrogens (tertiary/aromatic N) is 3. The first-order valence-corrected chi connectivity index (χ1v) is 10.4. The molecule has 2 aliphatic heterocycles. The van der Waals surface area contributed by atoms with E-state index in [4.69, 9.17) is 4.98 Å². The van der Waals surface area contributed by atoms with E-state index in [-0.39, 0.29) is 5.54 Å². The van der Waals surface area contributed by atoms with Gasteiger partial charge >= 0.3 is 0 Å². The van der Waals surface area contributed by atoms with E-state index >= 15 is 0 Å². The van der Waals surface area contributed by atoms with Crippen LogP contribution in [0.1, 0.15) is 70.7 Å². The maximum Gasteiger partial charge on any atom is 0.117 e. The summed E-state index contributed by atoms with van der Waals surface area (Å²) in [4.78, 5) is 7.69. The number of hydrogen-bond donors (Lipinski definition) is 0. The van der Waals surface area contributed by atoms with Crippen LogP contribution in [0.3, 0.4) is 0 Å². The summed E-state index contributed by atoms with van der Waals surface area (Å²) in [6.07, 6.45) is 13.7. The second-order valence-electron chi connectivity index (χ2n) is 9.54. The molecule has 0 amide bonds. The van der Waals surface area contributed by atoms with Gasteiger partial charge in [-0.2, -0.15) is 0 Å². The Labute approximate surface area is 157 Å². The molecule has 1 saturated carbocycles. The van der Waals surface area contributed by atoms with E-state index < -0.39 is 0 Å². The number of anilines is 1. The standard InChI is InChI=1S/C23H31N3/c1-16-10-11-18-21(25-14-8-9-19(25)24-18)20(16)26-17(2)23(15-22(26,3)4)12-6-5-7-13-23/h8,10-11,14,17H,5-7,9,12-13,15H2,1-4H3. The molecule has 1 spiro atoms. The molecule has 3 nitrogen and oxygen atoms in total. The van der Waals surface area contributed by atoms with E-state index in [0.717, 1.165) is 11.9 Å². The average molecular weight is 350 g/mol. The van der Waals surface area contributed by atoms with Gasteiger partial charge in [-0.1, -0.05) is 31.4 Å². The lowest BCUT2D eigenvalue weighted by atomic mass is 9.68. The predicted molar refractivity (Wildman–Crippen MR) is 110 cm³/mol. The first kappa shape index (κ1) is 16.4. The van der Waals surface area contributed by atoms with Crippen LogP contribution >= 0.6 is 0 Å². The number of rotatable bonds is 1. The van der Waals surface area contributed by atoms with Crippen molar-refractivity contribution in [2.45, 2.75) is 84.2 Å². The van der Waals surface area contributed by atoms with Crippen molar-refractivity contribution in [3.05, 3.63) is 29.6 Å². The SMILES string of the molecule is Cc1ccc2nc3n(c2c1N1C(C)C2(CCCCC2)CC1(C)C)C=CC3. The third-order valence-corrected chi connectivity index (χ3v) is 7.46. The Morgan fingerprint density at radius 2 is 1.88 bits per heavy atom. The van der Waals surface area contributed by atoms with Crippen molar-refractivity contribution in [1.82, 2.24) is 9.55 Å². The summed E-state index contributed by atoms with van der Waals surface area (Å²) in [5.74, 6) is 1.18. The smallest absolute Gasteiger partial charge is 0.117 e. The average Bonchev–Trinajstić information content (AvgIpc) is 3.22. The van der Waals surface area contributed by atoms with Crippen LogP contribution in [0.2, 0.25) is 0 Å². The van der Waals surface area contributed by atoms with Gasteiger partial charge in [-0.25, -0.2) is 4.98 Å². The Kier molecular flexibility index (Phi) is 3.39. The molecule has 0 bridgehead atoms. The Hall–Kier alpha value is -1.77. The molecule has 1 atom stereocenters. The van der Waals surface area contributed by atoms with Gasteiger partial charge in [0.2, 0.25) is 0 Å². The Morgan fingerprint density at radius 1 is 1.12 bits per heavy atom. The van der Waals surface area contributed by atoms with Crippen molar-refractivity contribution in [2.24, 2.45) is 5.41 Å². The first-order chi connectivity index (χ1) is 12.4. The van der Waals surface area contributed by atoms with Crippen LogP contribution in [0, 0.1) is 12.3 Å². The van der Waals surface area contributed by atoms with Gasteiger partial charge in [0.1, 0.15) is 5.82 Å². The zero-order valence-electron chi connectivity index (χ0n) is 16.7. The van der Waals surface area contributed by atoms with Crippen molar-refractivity contribution in [1.29, 1.82) is 0 Å². The summed E-state index contributed by atoms with van der Waals surface area (Å²) < 4.78 is 2.34. The van der Waals surface area contributed by atoms with Gasteiger partial charge in [0.05, 0.1) is 16.7 Å². The zero-order valence-corrected chi connectivity index (χ0v) is 16.7. The number of fused-ring (bicyclic) bond motifs is 3. The normalized spacial score (nSPS) is 26.2. The summed E-state index contributed by atoms with van der Waals surface area (Å²) >= 11 is 0. The molecule has 26 heavy (non-hydrogen) atoms. The highest BCUT2D eigenvalue weighted by Gasteiger charge is 2.54. The van der Waals surface area contributed by atoms with Crippen LogP contribution in [0.5, 0.6) is 0 Å². The summed E-state index contributed by atoms with van der Waals surface area (Å²) in [5, 5.41) is 0. The number of imidazole rings is 1. The minimum atomic E-state index is 0.183. The summed E-state index contributed by atoms with van der Waals surface area (Å²) in [6, 6.07) is 5.06. The predicted octanol–water partition coefficient (Wildman–Crippen LogP) is 5.70. The molecule has 1 aliphatic carbocycles. The van der Waals surface area contributed by atoms with Gasteiger partial charge in [0.15, 0.2) is 0 Å². The van der Waals surface area contributed by atoms with Gasteiger partial charge in [-0.3, -0.25) is 0 Å². The van der Waals surface area contributed by atoms with Crippen molar-refractivity contribution in [3.8, 4) is 0 Å². The molecule has 1 aromatic heterocycles. The van der Waals surface area contributed by atoms with Crippen LogP contribution in [0.25, 0.3) is 17.2 Å². The molecule has 0 radical (unpaired) electrons. The number of aryl methyl sites for hydroxylation is 1. The molecular weight excluding hydrogens is 318 g/mol. The maximum atomic E-state index is 4.92. The molecule has 2 fully saturated rings. The van der Waals surface area contributed by atoms with Crippen molar-refractivity contribution >= 4 is 22.9 Å². The van der Waals surface area contributed by atoms with E-state index in [1.165, 1.54) is 61.1 Å². The van der Waals surface area contributed by atoms with Crippen LogP contribution < -0.4 is 4.90 Å². The van der Waals surface area contributed by atoms with Crippen LogP contribution in [0.15, 0.2) is 18.2 Å². The van der Waals surface area contributed by atoms with Crippen molar-refractivity contribution in [2.75, 3.05) is 4.90 Å². The quantitative estimate of drug-likeness (QED) is 0.658. The zero-order chi connectivity index (χ0) is 18.1. The number of aromatic nitrogens is 2. The largest absolute Gasteiger partial charge is 0.361 e. The van der Waals surface area contributed by atoms with Gasteiger partial charge in [0.25, 0.3) is 0 Å². The molecule has 0 N–H and O–H groups in total. The summed E-state index contributed by atoms with van der Waals surface area (Å²) in [5.41, 5.74) is 5.95. The van der Waals surface area contributed by atoms with Gasteiger partial charge in [-0.15, -0.1) is 0 Å². The fraction of sp³-hybridized carbons (Fsp3) is 0.609. The molecular formula is C23H31N3. The molecule has 3 heterocycles. The van der Waals surface area contributed by atoms with Gasteiger partial charge in [0, 0.05) is 24.2 Å². The van der Waals surface area contributed by atoms with Crippen molar-refractivity contribution < 1.29 is 0 Å². The van der Waals surface area contributed by atoms with Crippen molar-refractivity contribution in [3.63, 3.8) is 0 Å². The highest BCUT2D eigenvalue weighted by atomic mass is 15.3. The van der Waals surface area contributed by atoms with Gasteiger partial charge < -0.3 is 9.47 Å². The minimum absolute atomic E-state index is 0.183. The molecule has 2 aromatic rings. The monoisotopic (exact) mass is 349 g/mol. The molecule has 1 saturated heterocycles. The molecule has 1 aromatic carbocycles. The van der Waals surface area contributed by atoms with Crippen LogP contribution in [0.4, 0.5) is 5.69 Å². The number of hydrogen-bond acceptors (Lipinski definition) is 2. The van der Waals surface area contributed by atoms with E-state index in [1.54, 1.807) is 0 Å². The van der Waals surface area contributed by atoms with E-state index in [0.29, 0.717) is 11.5 Å². The lowest BCUT2D eigenvalue weighted by molar-refractivity contribution is 0.170.